The van der Waals surface area contributed by atoms with Crippen molar-refractivity contribution in [1.29, 1.82) is 5.26 Å². The van der Waals surface area contributed by atoms with E-state index in [4.69, 9.17) is 9.47 Å². The predicted octanol–water partition coefficient (Wildman–Crippen LogP) is 1.85. The van der Waals surface area contributed by atoms with Gasteiger partial charge < -0.3 is 9.47 Å². The van der Waals surface area contributed by atoms with Crippen LogP contribution in [0.25, 0.3) is 0 Å². The van der Waals surface area contributed by atoms with Crippen molar-refractivity contribution in [1.82, 2.24) is 5.32 Å². The lowest BCUT2D eigenvalue weighted by atomic mass is 9.96. The number of rotatable bonds is 9. The summed E-state index contributed by atoms with van der Waals surface area (Å²) in [6.07, 6.45) is 4.94. The smallest absolute Gasteiger partial charge is 0.133 e. The van der Waals surface area contributed by atoms with Crippen molar-refractivity contribution in [3.05, 3.63) is 0 Å². The highest BCUT2D eigenvalue weighted by atomic mass is 16.5. The van der Waals surface area contributed by atoms with Gasteiger partial charge in [-0.1, -0.05) is 0 Å². The van der Waals surface area contributed by atoms with Gasteiger partial charge in [-0.05, 0) is 45.4 Å². The number of nitrogens with one attached hydrogen (secondary N) is 1. The number of hydrogen-bond donors (Lipinski definition) is 1. The molecule has 1 N–H and O–H groups in total. The van der Waals surface area contributed by atoms with Crippen molar-refractivity contribution in [2.24, 2.45) is 5.92 Å². The molecule has 2 rings (SSSR count). The van der Waals surface area contributed by atoms with Gasteiger partial charge >= 0.3 is 0 Å². The molecule has 0 aliphatic heterocycles. The van der Waals surface area contributed by atoms with Gasteiger partial charge in [-0.3, -0.25) is 5.32 Å². The van der Waals surface area contributed by atoms with Gasteiger partial charge in [0.05, 0.1) is 32.0 Å². The second-order valence-electron chi connectivity index (χ2n) is 5.75. The van der Waals surface area contributed by atoms with Gasteiger partial charge in [0.25, 0.3) is 0 Å². The van der Waals surface area contributed by atoms with Crippen LogP contribution in [0.2, 0.25) is 0 Å². The summed E-state index contributed by atoms with van der Waals surface area (Å²) in [7, 11) is 0. The van der Waals surface area contributed by atoms with Crippen molar-refractivity contribution in [2.45, 2.75) is 57.2 Å². The van der Waals surface area contributed by atoms with Crippen LogP contribution in [0, 0.1) is 17.2 Å². The average Bonchev–Trinajstić information content (AvgIpc) is 3.18. The lowest BCUT2D eigenvalue weighted by molar-refractivity contribution is 0.00435. The molecule has 0 aromatic heterocycles. The van der Waals surface area contributed by atoms with Gasteiger partial charge in [0.2, 0.25) is 0 Å². The molecule has 2 aliphatic carbocycles. The topological polar surface area (TPSA) is 54.3 Å². The summed E-state index contributed by atoms with van der Waals surface area (Å²) in [4.78, 5) is 0. The van der Waals surface area contributed by atoms with E-state index in [0.717, 1.165) is 12.8 Å². The van der Waals surface area contributed by atoms with Crippen LogP contribution in [-0.4, -0.2) is 37.5 Å². The fraction of sp³-hybridized carbons (Fsp3) is 0.929. The summed E-state index contributed by atoms with van der Waals surface area (Å²) in [5.41, 5.74) is -0.445. The molecule has 18 heavy (non-hydrogen) atoms. The van der Waals surface area contributed by atoms with E-state index in [0.29, 0.717) is 31.8 Å². The highest BCUT2D eigenvalue weighted by Crippen LogP contribution is 2.41. The molecule has 2 saturated carbocycles. The SMILES string of the molecule is CC(C)OCCOCC(C#N)(NC1CC1)C1CC1. The van der Waals surface area contributed by atoms with Crippen molar-refractivity contribution < 1.29 is 9.47 Å². The minimum absolute atomic E-state index is 0.238. The molecule has 102 valence electrons. The van der Waals surface area contributed by atoms with E-state index in [9.17, 15) is 5.26 Å². The van der Waals surface area contributed by atoms with E-state index in [2.05, 4.69) is 11.4 Å². The first kappa shape index (κ1) is 13.8. The first-order valence-corrected chi connectivity index (χ1v) is 7.04. The Labute approximate surface area is 110 Å². The van der Waals surface area contributed by atoms with Gasteiger partial charge in [-0.25, -0.2) is 0 Å². The molecule has 1 unspecified atom stereocenters. The van der Waals surface area contributed by atoms with Crippen LogP contribution < -0.4 is 5.32 Å². The van der Waals surface area contributed by atoms with Crippen LogP contribution >= 0.6 is 0 Å². The van der Waals surface area contributed by atoms with E-state index < -0.39 is 5.54 Å². The Morgan fingerprint density at radius 1 is 1.28 bits per heavy atom. The van der Waals surface area contributed by atoms with Crippen molar-refractivity contribution in [3.8, 4) is 6.07 Å². The maximum atomic E-state index is 9.48. The number of nitrogens with zero attached hydrogens (tertiary/aromatic N) is 1. The molecule has 0 spiro atoms. The van der Waals surface area contributed by atoms with E-state index in [1.54, 1.807) is 0 Å². The molecule has 4 heteroatoms. The maximum Gasteiger partial charge on any atom is 0.133 e. The standard InChI is InChI=1S/C14H24N2O2/c1-11(2)18-8-7-17-10-14(9-15,12-3-4-12)16-13-5-6-13/h11-13,16H,3-8,10H2,1-2H3. The molecule has 0 aromatic rings. The molecule has 0 heterocycles. The van der Waals surface area contributed by atoms with Crippen molar-refractivity contribution in [2.75, 3.05) is 19.8 Å². The highest BCUT2D eigenvalue weighted by Gasteiger charge is 2.48. The van der Waals surface area contributed by atoms with Crippen molar-refractivity contribution >= 4 is 0 Å². The third kappa shape index (κ3) is 3.94. The molecule has 4 nitrogen and oxygen atoms in total. The van der Waals surface area contributed by atoms with Gasteiger partial charge in [0, 0.05) is 6.04 Å². The lowest BCUT2D eigenvalue weighted by Gasteiger charge is -2.28. The molecule has 0 aromatic carbocycles. The maximum absolute atomic E-state index is 9.48. The number of nitriles is 1. The largest absolute Gasteiger partial charge is 0.376 e. The summed E-state index contributed by atoms with van der Waals surface area (Å²) in [6, 6.07) is 3.01. The second kappa shape index (κ2) is 6.01. The Balaban J connectivity index is 1.73. The van der Waals surface area contributed by atoms with Crippen LogP contribution in [0.15, 0.2) is 0 Å². The summed E-state index contributed by atoms with van der Waals surface area (Å²) >= 11 is 0. The zero-order valence-corrected chi connectivity index (χ0v) is 11.4. The Kier molecular flexibility index (Phi) is 4.60. The number of hydrogen-bond acceptors (Lipinski definition) is 4. The predicted molar refractivity (Wildman–Crippen MR) is 69.1 cm³/mol. The molecular formula is C14H24N2O2. The quantitative estimate of drug-likeness (QED) is 0.636. The lowest BCUT2D eigenvalue weighted by Crippen LogP contribution is -2.51. The van der Waals surface area contributed by atoms with E-state index in [1.807, 2.05) is 13.8 Å². The normalized spacial score (nSPS) is 22.8. The molecule has 0 amide bonds. The van der Waals surface area contributed by atoms with Gasteiger partial charge in [-0.2, -0.15) is 5.26 Å². The molecular weight excluding hydrogens is 228 g/mol. The van der Waals surface area contributed by atoms with Gasteiger partial charge in [0.15, 0.2) is 0 Å². The summed E-state index contributed by atoms with van der Waals surface area (Å²) in [5, 5.41) is 13.0. The summed E-state index contributed by atoms with van der Waals surface area (Å²) in [5.74, 6) is 0.481. The van der Waals surface area contributed by atoms with Crippen LogP contribution in [0.4, 0.5) is 0 Å². The van der Waals surface area contributed by atoms with Crippen LogP contribution in [-0.2, 0) is 9.47 Å². The third-order valence-electron chi connectivity index (χ3n) is 3.52. The fourth-order valence-corrected chi connectivity index (χ4v) is 2.18. The molecule has 0 radical (unpaired) electrons. The molecule has 0 bridgehead atoms. The zero-order valence-electron chi connectivity index (χ0n) is 11.4. The molecule has 2 aliphatic rings. The molecule has 2 fully saturated rings. The van der Waals surface area contributed by atoms with Crippen LogP contribution in [0.1, 0.15) is 39.5 Å². The number of ether oxygens (including phenoxy) is 2. The highest BCUT2D eigenvalue weighted by molar-refractivity contribution is 5.17. The first-order chi connectivity index (χ1) is 8.66. The Morgan fingerprint density at radius 2 is 2.00 bits per heavy atom. The minimum atomic E-state index is -0.445. The van der Waals surface area contributed by atoms with E-state index in [1.165, 1.54) is 12.8 Å². The van der Waals surface area contributed by atoms with Gasteiger partial charge in [-0.15, -0.1) is 0 Å². The molecule has 1 atom stereocenters. The first-order valence-electron chi connectivity index (χ1n) is 7.04. The third-order valence-corrected chi connectivity index (χ3v) is 3.52. The molecule has 0 saturated heterocycles. The van der Waals surface area contributed by atoms with Gasteiger partial charge in [0.1, 0.15) is 5.54 Å². The fourth-order valence-electron chi connectivity index (χ4n) is 2.18. The minimum Gasteiger partial charge on any atom is -0.376 e. The summed E-state index contributed by atoms with van der Waals surface area (Å²) < 4.78 is 11.1. The monoisotopic (exact) mass is 252 g/mol. The summed E-state index contributed by atoms with van der Waals surface area (Å²) in [6.45, 7) is 5.69. The van der Waals surface area contributed by atoms with Crippen LogP contribution in [0.3, 0.4) is 0 Å². The Hall–Kier alpha value is -0.630. The van der Waals surface area contributed by atoms with Crippen molar-refractivity contribution in [3.63, 3.8) is 0 Å². The Bertz CT molecular complexity index is 305. The zero-order chi connectivity index (χ0) is 13.0. The van der Waals surface area contributed by atoms with E-state index >= 15 is 0 Å². The Morgan fingerprint density at radius 3 is 2.50 bits per heavy atom. The van der Waals surface area contributed by atoms with Crippen LogP contribution in [0.5, 0.6) is 0 Å². The average molecular weight is 252 g/mol. The second-order valence-corrected chi connectivity index (χ2v) is 5.75. The van der Waals surface area contributed by atoms with E-state index in [-0.39, 0.29) is 6.10 Å².